The molecule has 2 aromatic carbocycles. The fourth-order valence-electron chi connectivity index (χ4n) is 2.45. The summed E-state index contributed by atoms with van der Waals surface area (Å²) in [5.74, 6) is 1.22. The van der Waals surface area contributed by atoms with Crippen LogP contribution in [0.15, 0.2) is 46.9 Å². The number of rotatable bonds is 5. The normalized spacial score (nSPS) is 13.7. The van der Waals surface area contributed by atoms with Gasteiger partial charge in [-0.05, 0) is 55.7 Å². The van der Waals surface area contributed by atoms with Crippen molar-refractivity contribution in [3.63, 3.8) is 0 Å². The van der Waals surface area contributed by atoms with Gasteiger partial charge in [-0.1, -0.05) is 28.1 Å². The Balaban J connectivity index is 1.54. The van der Waals surface area contributed by atoms with Crippen LogP contribution < -0.4 is 14.8 Å². The van der Waals surface area contributed by atoms with Gasteiger partial charge in [0.2, 0.25) is 6.79 Å². The molecule has 3 rings (SSSR count). The van der Waals surface area contributed by atoms with Crippen LogP contribution in [0.5, 0.6) is 11.5 Å². The predicted octanol–water partition coefficient (Wildman–Crippen LogP) is 3.93. The standard InChI is InChI=1S/C18H18BrNO3/c1-12(2-3-13-4-7-15(19)8-5-13)20-18(21)14-6-9-16-17(10-14)23-11-22-16/h4-10,12H,2-3,11H2,1H3,(H,20,21). The van der Waals surface area contributed by atoms with Crippen molar-refractivity contribution in [2.24, 2.45) is 0 Å². The van der Waals surface area contributed by atoms with Crippen LogP contribution in [-0.4, -0.2) is 18.7 Å². The van der Waals surface area contributed by atoms with Crippen LogP contribution in [0.1, 0.15) is 29.3 Å². The molecule has 1 unspecified atom stereocenters. The van der Waals surface area contributed by atoms with Gasteiger partial charge < -0.3 is 14.8 Å². The molecule has 0 bridgehead atoms. The van der Waals surface area contributed by atoms with Crippen molar-refractivity contribution in [3.05, 3.63) is 58.1 Å². The summed E-state index contributed by atoms with van der Waals surface area (Å²) in [5, 5.41) is 3.02. The third-order valence-electron chi connectivity index (χ3n) is 3.79. The summed E-state index contributed by atoms with van der Waals surface area (Å²) in [5.41, 5.74) is 1.85. The topological polar surface area (TPSA) is 47.6 Å². The predicted molar refractivity (Wildman–Crippen MR) is 92.0 cm³/mol. The Bertz CT molecular complexity index is 700. The van der Waals surface area contributed by atoms with Gasteiger partial charge in [0.25, 0.3) is 5.91 Å². The van der Waals surface area contributed by atoms with Crippen LogP contribution in [0.3, 0.4) is 0 Å². The SMILES string of the molecule is CC(CCc1ccc(Br)cc1)NC(=O)c1ccc2c(c1)OCO2. The summed E-state index contributed by atoms with van der Waals surface area (Å²) >= 11 is 3.43. The first kappa shape index (κ1) is 15.9. The minimum absolute atomic E-state index is 0.0911. The number of fused-ring (bicyclic) bond motifs is 1. The molecule has 4 nitrogen and oxygen atoms in total. The smallest absolute Gasteiger partial charge is 0.251 e. The van der Waals surface area contributed by atoms with Crippen LogP contribution in [-0.2, 0) is 6.42 Å². The highest BCUT2D eigenvalue weighted by atomic mass is 79.9. The first-order valence-electron chi connectivity index (χ1n) is 7.57. The fraction of sp³-hybridized carbons (Fsp3) is 0.278. The maximum atomic E-state index is 12.3. The van der Waals surface area contributed by atoms with Gasteiger partial charge >= 0.3 is 0 Å². The number of hydrogen-bond donors (Lipinski definition) is 1. The van der Waals surface area contributed by atoms with E-state index in [9.17, 15) is 4.79 Å². The highest BCUT2D eigenvalue weighted by molar-refractivity contribution is 9.10. The van der Waals surface area contributed by atoms with Gasteiger partial charge in [0.05, 0.1) is 0 Å². The average molecular weight is 376 g/mol. The molecular formula is C18H18BrNO3. The van der Waals surface area contributed by atoms with E-state index in [0.29, 0.717) is 17.1 Å². The van der Waals surface area contributed by atoms with E-state index in [-0.39, 0.29) is 18.7 Å². The number of ether oxygens (including phenoxy) is 2. The quantitative estimate of drug-likeness (QED) is 0.860. The van der Waals surface area contributed by atoms with Gasteiger partial charge in [-0.25, -0.2) is 0 Å². The molecule has 0 saturated carbocycles. The second-order valence-corrected chi connectivity index (χ2v) is 6.52. The van der Waals surface area contributed by atoms with E-state index < -0.39 is 0 Å². The third kappa shape index (κ3) is 4.05. The number of carbonyl (C=O) groups excluding carboxylic acids is 1. The van der Waals surface area contributed by atoms with E-state index >= 15 is 0 Å². The van der Waals surface area contributed by atoms with Crippen LogP contribution in [0.4, 0.5) is 0 Å². The van der Waals surface area contributed by atoms with E-state index in [1.165, 1.54) is 5.56 Å². The van der Waals surface area contributed by atoms with Crippen LogP contribution in [0, 0.1) is 0 Å². The summed E-state index contributed by atoms with van der Waals surface area (Å²) in [6.07, 6.45) is 1.81. The molecule has 0 aliphatic carbocycles. The minimum Gasteiger partial charge on any atom is -0.454 e. The molecule has 1 atom stereocenters. The summed E-state index contributed by atoms with van der Waals surface area (Å²) in [6, 6.07) is 13.6. The second-order valence-electron chi connectivity index (χ2n) is 5.61. The van der Waals surface area contributed by atoms with Gasteiger partial charge in [-0.3, -0.25) is 4.79 Å². The number of halogens is 1. The van der Waals surface area contributed by atoms with E-state index in [1.807, 2.05) is 19.1 Å². The molecule has 1 amide bonds. The maximum absolute atomic E-state index is 12.3. The van der Waals surface area contributed by atoms with E-state index in [0.717, 1.165) is 17.3 Å². The van der Waals surface area contributed by atoms with Crippen LogP contribution >= 0.6 is 15.9 Å². The lowest BCUT2D eigenvalue weighted by Gasteiger charge is -2.14. The Morgan fingerprint density at radius 1 is 1.17 bits per heavy atom. The molecule has 2 aromatic rings. The Morgan fingerprint density at radius 2 is 1.91 bits per heavy atom. The van der Waals surface area contributed by atoms with Gasteiger partial charge in [0, 0.05) is 16.1 Å². The Kier molecular flexibility index (Phi) is 4.86. The van der Waals surface area contributed by atoms with Crippen LogP contribution in [0.25, 0.3) is 0 Å². The molecule has 0 aromatic heterocycles. The van der Waals surface area contributed by atoms with E-state index in [1.54, 1.807) is 18.2 Å². The van der Waals surface area contributed by atoms with Crippen molar-refractivity contribution in [3.8, 4) is 11.5 Å². The molecule has 1 aliphatic heterocycles. The highest BCUT2D eigenvalue weighted by Crippen LogP contribution is 2.32. The average Bonchev–Trinajstić information content (AvgIpc) is 3.02. The third-order valence-corrected chi connectivity index (χ3v) is 4.32. The molecule has 0 fully saturated rings. The van der Waals surface area contributed by atoms with Crippen molar-refractivity contribution in [1.29, 1.82) is 0 Å². The molecule has 0 spiro atoms. The molecule has 5 heteroatoms. The zero-order chi connectivity index (χ0) is 16.2. The number of amides is 1. The summed E-state index contributed by atoms with van der Waals surface area (Å²) in [6.45, 7) is 2.23. The number of hydrogen-bond acceptors (Lipinski definition) is 3. The van der Waals surface area contributed by atoms with Gasteiger partial charge in [-0.2, -0.15) is 0 Å². The molecule has 120 valence electrons. The van der Waals surface area contributed by atoms with Crippen molar-refractivity contribution in [2.45, 2.75) is 25.8 Å². The molecule has 1 N–H and O–H groups in total. The van der Waals surface area contributed by atoms with Crippen molar-refractivity contribution in [1.82, 2.24) is 5.32 Å². The molecular weight excluding hydrogens is 358 g/mol. The Hall–Kier alpha value is -2.01. The summed E-state index contributed by atoms with van der Waals surface area (Å²) in [4.78, 5) is 12.3. The first-order valence-corrected chi connectivity index (χ1v) is 8.36. The number of carbonyl (C=O) groups is 1. The molecule has 1 aliphatic rings. The van der Waals surface area contributed by atoms with Gasteiger partial charge in [-0.15, -0.1) is 0 Å². The fourth-order valence-corrected chi connectivity index (χ4v) is 2.72. The van der Waals surface area contributed by atoms with E-state index in [4.69, 9.17) is 9.47 Å². The second kappa shape index (κ2) is 7.04. The van der Waals surface area contributed by atoms with E-state index in [2.05, 4.69) is 33.4 Å². The molecule has 23 heavy (non-hydrogen) atoms. The molecule has 0 radical (unpaired) electrons. The lowest BCUT2D eigenvalue weighted by atomic mass is 10.1. The number of benzene rings is 2. The van der Waals surface area contributed by atoms with Crippen molar-refractivity contribution < 1.29 is 14.3 Å². The minimum atomic E-state index is -0.0911. The molecule has 1 heterocycles. The lowest BCUT2D eigenvalue weighted by molar-refractivity contribution is 0.0938. The maximum Gasteiger partial charge on any atom is 0.251 e. The van der Waals surface area contributed by atoms with Crippen LogP contribution in [0.2, 0.25) is 0 Å². The number of nitrogens with one attached hydrogen (secondary N) is 1. The summed E-state index contributed by atoms with van der Waals surface area (Å²) in [7, 11) is 0. The van der Waals surface area contributed by atoms with Gasteiger partial charge in [0.1, 0.15) is 0 Å². The Labute approximate surface area is 143 Å². The van der Waals surface area contributed by atoms with Crippen molar-refractivity contribution in [2.75, 3.05) is 6.79 Å². The lowest BCUT2D eigenvalue weighted by Crippen LogP contribution is -2.32. The first-order chi connectivity index (χ1) is 11.1. The highest BCUT2D eigenvalue weighted by Gasteiger charge is 2.17. The largest absolute Gasteiger partial charge is 0.454 e. The van der Waals surface area contributed by atoms with Gasteiger partial charge in [0.15, 0.2) is 11.5 Å². The molecule has 0 saturated heterocycles. The Morgan fingerprint density at radius 3 is 2.70 bits per heavy atom. The zero-order valence-corrected chi connectivity index (χ0v) is 14.4. The van der Waals surface area contributed by atoms with Crippen molar-refractivity contribution >= 4 is 21.8 Å². The monoisotopic (exact) mass is 375 g/mol. The zero-order valence-electron chi connectivity index (χ0n) is 12.8. The summed E-state index contributed by atoms with van der Waals surface area (Å²) < 4.78 is 11.6. The number of aryl methyl sites for hydroxylation is 1.